The highest BCUT2D eigenvalue weighted by Crippen LogP contribution is 2.34. The van der Waals surface area contributed by atoms with Crippen LogP contribution in [0.2, 0.25) is 5.02 Å². The third kappa shape index (κ3) is 5.24. The molecule has 0 saturated carbocycles. The van der Waals surface area contributed by atoms with Crippen LogP contribution in [0.25, 0.3) is 0 Å². The van der Waals surface area contributed by atoms with Gasteiger partial charge in [-0.3, -0.25) is 4.79 Å². The standard InChI is InChI=1S/C13H19ClN2O4/c1-18-4-3-16-7-9-5-10(14)6-11(19-2)13(9)20-8-12(15)17/h5-6,16H,3-4,7-8H2,1-2H3,(H2,15,17). The Bertz CT molecular complexity index is 454. The topological polar surface area (TPSA) is 82.8 Å². The molecular weight excluding hydrogens is 284 g/mol. The van der Waals surface area contributed by atoms with E-state index < -0.39 is 5.91 Å². The molecule has 0 aliphatic heterocycles. The first-order valence-corrected chi connectivity index (χ1v) is 6.43. The molecule has 0 spiro atoms. The first kappa shape index (κ1) is 16.6. The van der Waals surface area contributed by atoms with Crippen LogP contribution < -0.4 is 20.5 Å². The van der Waals surface area contributed by atoms with Crippen LogP contribution in [-0.4, -0.2) is 39.9 Å². The van der Waals surface area contributed by atoms with Gasteiger partial charge in [0.15, 0.2) is 18.1 Å². The van der Waals surface area contributed by atoms with Crippen LogP contribution in [0.3, 0.4) is 0 Å². The third-order valence-electron chi connectivity index (χ3n) is 2.47. The molecule has 0 radical (unpaired) electrons. The van der Waals surface area contributed by atoms with Gasteiger partial charge in [-0.25, -0.2) is 0 Å². The zero-order valence-corrected chi connectivity index (χ0v) is 12.3. The van der Waals surface area contributed by atoms with E-state index in [2.05, 4.69) is 5.32 Å². The number of hydrogen-bond donors (Lipinski definition) is 2. The SMILES string of the molecule is COCCNCc1cc(Cl)cc(OC)c1OCC(N)=O. The smallest absolute Gasteiger partial charge is 0.255 e. The summed E-state index contributed by atoms with van der Waals surface area (Å²) in [7, 11) is 3.14. The van der Waals surface area contributed by atoms with Gasteiger partial charge in [-0.15, -0.1) is 0 Å². The molecule has 0 unspecified atom stereocenters. The molecule has 6 nitrogen and oxygen atoms in total. The van der Waals surface area contributed by atoms with Crippen molar-refractivity contribution in [3.63, 3.8) is 0 Å². The Morgan fingerprint density at radius 2 is 2.15 bits per heavy atom. The van der Waals surface area contributed by atoms with Crippen molar-refractivity contribution >= 4 is 17.5 Å². The summed E-state index contributed by atoms with van der Waals surface area (Å²) in [5, 5.41) is 3.70. The maximum absolute atomic E-state index is 10.8. The Morgan fingerprint density at radius 1 is 1.40 bits per heavy atom. The van der Waals surface area contributed by atoms with E-state index >= 15 is 0 Å². The summed E-state index contributed by atoms with van der Waals surface area (Å²) in [5.41, 5.74) is 5.87. The molecule has 0 bridgehead atoms. The second-order valence-corrected chi connectivity index (χ2v) is 4.46. The summed E-state index contributed by atoms with van der Waals surface area (Å²) in [5.74, 6) is 0.364. The van der Waals surface area contributed by atoms with Crippen LogP contribution in [0.1, 0.15) is 5.56 Å². The number of carbonyl (C=O) groups is 1. The van der Waals surface area contributed by atoms with Gasteiger partial charge in [-0.1, -0.05) is 11.6 Å². The largest absolute Gasteiger partial charge is 0.493 e. The van der Waals surface area contributed by atoms with Gasteiger partial charge in [-0.05, 0) is 6.07 Å². The third-order valence-corrected chi connectivity index (χ3v) is 2.69. The molecule has 0 saturated heterocycles. The molecule has 7 heteroatoms. The number of carbonyl (C=O) groups excluding carboxylic acids is 1. The molecule has 1 aromatic rings. The van der Waals surface area contributed by atoms with E-state index in [0.717, 1.165) is 5.56 Å². The number of nitrogens with two attached hydrogens (primary N) is 1. The van der Waals surface area contributed by atoms with Crippen LogP contribution in [0, 0.1) is 0 Å². The fraction of sp³-hybridized carbons (Fsp3) is 0.462. The number of rotatable bonds is 9. The maximum Gasteiger partial charge on any atom is 0.255 e. The Hall–Kier alpha value is -1.50. The van der Waals surface area contributed by atoms with Crippen molar-refractivity contribution in [2.24, 2.45) is 5.73 Å². The van der Waals surface area contributed by atoms with Crippen LogP contribution >= 0.6 is 11.6 Å². The van der Waals surface area contributed by atoms with Crippen LogP contribution in [0.5, 0.6) is 11.5 Å². The van der Waals surface area contributed by atoms with Gasteiger partial charge >= 0.3 is 0 Å². The molecule has 112 valence electrons. The van der Waals surface area contributed by atoms with E-state index in [9.17, 15) is 4.79 Å². The molecule has 3 N–H and O–H groups in total. The fourth-order valence-corrected chi connectivity index (χ4v) is 1.84. The van der Waals surface area contributed by atoms with Crippen molar-refractivity contribution < 1.29 is 19.0 Å². The molecule has 0 aliphatic rings. The molecule has 0 atom stereocenters. The van der Waals surface area contributed by atoms with Gasteiger partial charge in [0.2, 0.25) is 0 Å². The monoisotopic (exact) mass is 302 g/mol. The Kier molecular flexibility index (Phi) is 7.14. The number of hydrogen-bond acceptors (Lipinski definition) is 5. The Labute approximate surface area is 123 Å². The summed E-state index contributed by atoms with van der Waals surface area (Å²) in [6, 6.07) is 3.37. The number of primary amides is 1. The molecule has 0 fully saturated rings. The Morgan fingerprint density at radius 3 is 2.75 bits per heavy atom. The minimum atomic E-state index is -0.555. The van der Waals surface area contributed by atoms with Crippen LogP contribution in [0.15, 0.2) is 12.1 Å². The summed E-state index contributed by atoms with van der Waals surface area (Å²) >= 11 is 6.02. The lowest BCUT2D eigenvalue weighted by atomic mass is 10.2. The van der Waals surface area contributed by atoms with Crippen LogP contribution in [-0.2, 0) is 16.1 Å². The van der Waals surface area contributed by atoms with E-state index in [4.69, 9.17) is 31.5 Å². The van der Waals surface area contributed by atoms with Crippen LogP contribution in [0.4, 0.5) is 0 Å². The van der Waals surface area contributed by atoms with E-state index in [1.165, 1.54) is 7.11 Å². The van der Waals surface area contributed by atoms with E-state index in [1.54, 1.807) is 19.2 Å². The number of methoxy groups -OCH3 is 2. The number of halogens is 1. The lowest BCUT2D eigenvalue weighted by Gasteiger charge is -2.15. The predicted octanol–water partition coefficient (Wildman–Crippen LogP) is 0.949. The lowest BCUT2D eigenvalue weighted by Crippen LogP contribution is -2.22. The number of benzene rings is 1. The summed E-state index contributed by atoms with van der Waals surface area (Å²) in [6.07, 6.45) is 0. The quantitative estimate of drug-likeness (QED) is 0.664. The van der Waals surface area contributed by atoms with Crippen molar-refractivity contribution in [3.8, 4) is 11.5 Å². The minimum absolute atomic E-state index is 0.219. The normalized spacial score (nSPS) is 10.3. The molecule has 0 aliphatic carbocycles. The average Bonchev–Trinajstić information content (AvgIpc) is 2.41. The first-order chi connectivity index (χ1) is 9.58. The second kappa shape index (κ2) is 8.63. The lowest BCUT2D eigenvalue weighted by molar-refractivity contribution is -0.119. The van der Waals surface area contributed by atoms with E-state index in [1.807, 2.05) is 0 Å². The number of amides is 1. The number of nitrogens with one attached hydrogen (secondary N) is 1. The summed E-state index contributed by atoms with van der Waals surface area (Å²) in [6.45, 7) is 1.56. The average molecular weight is 303 g/mol. The van der Waals surface area contributed by atoms with Gasteiger partial charge in [-0.2, -0.15) is 0 Å². The van der Waals surface area contributed by atoms with E-state index in [0.29, 0.717) is 36.2 Å². The fourth-order valence-electron chi connectivity index (χ4n) is 1.61. The molecule has 1 amide bonds. The summed E-state index contributed by atoms with van der Waals surface area (Å²) in [4.78, 5) is 10.8. The molecule has 20 heavy (non-hydrogen) atoms. The van der Waals surface area contributed by atoms with Crippen molar-refractivity contribution in [3.05, 3.63) is 22.7 Å². The zero-order chi connectivity index (χ0) is 15.0. The highest BCUT2D eigenvalue weighted by atomic mass is 35.5. The predicted molar refractivity (Wildman–Crippen MR) is 76.3 cm³/mol. The van der Waals surface area contributed by atoms with Gasteiger partial charge in [0, 0.05) is 36.9 Å². The van der Waals surface area contributed by atoms with Gasteiger partial charge in [0.25, 0.3) is 5.91 Å². The molecular formula is C13H19ClN2O4. The highest BCUT2D eigenvalue weighted by Gasteiger charge is 2.13. The van der Waals surface area contributed by atoms with Gasteiger partial charge in [0.1, 0.15) is 0 Å². The summed E-state index contributed by atoms with van der Waals surface area (Å²) < 4.78 is 15.6. The van der Waals surface area contributed by atoms with Gasteiger partial charge < -0.3 is 25.3 Å². The molecule has 0 heterocycles. The molecule has 0 aromatic heterocycles. The maximum atomic E-state index is 10.8. The number of ether oxygens (including phenoxy) is 3. The highest BCUT2D eigenvalue weighted by molar-refractivity contribution is 6.30. The first-order valence-electron chi connectivity index (χ1n) is 6.05. The molecule has 1 rings (SSSR count). The van der Waals surface area contributed by atoms with Crippen molar-refractivity contribution in [2.75, 3.05) is 34.0 Å². The van der Waals surface area contributed by atoms with Gasteiger partial charge in [0.05, 0.1) is 13.7 Å². The zero-order valence-electron chi connectivity index (χ0n) is 11.6. The minimum Gasteiger partial charge on any atom is -0.493 e. The van der Waals surface area contributed by atoms with E-state index in [-0.39, 0.29) is 6.61 Å². The second-order valence-electron chi connectivity index (χ2n) is 4.02. The molecule has 1 aromatic carbocycles. The Balaban J connectivity index is 2.87. The van der Waals surface area contributed by atoms with Crippen molar-refractivity contribution in [2.45, 2.75) is 6.54 Å². The van der Waals surface area contributed by atoms with Crippen molar-refractivity contribution in [1.29, 1.82) is 0 Å². The van der Waals surface area contributed by atoms with Crippen molar-refractivity contribution in [1.82, 2.24) is 5.32 Å².